The van der Waals surface area contributed by atoms with E-state index in [-0.39, 0.29) is 5.78 Å². The molecule has 0 saturated heterocycles. The van der Waals surface area contributed by atoms with Crippen molar-refractivity contribution >= 4 is 32.6 Å². The van der Waals surface area contributed by atoms with E-state index in [1.807, 2.05) is 59.3 Å². The second-order valence-electron chi connectivity index (χ2n) is 4.44. The van der Waals surface area contributed by atoms with Crippen molar-refractivity contribution in [2.24, 2.45) is 0 Å². The molecular formula is C16H12BrNO. The van der Waals surface area contributed by atoms with Gasteiger partial charge < -0.3 is 4.57 Å². The molecule has 0 aliphatic rings. The van der Waals surface area contributed by atoms with Gasteiger partial charge in [0.15, 0.2) is 5.78 Å². The summed E-state index contributed by atoms with van der Waals surface area (Å²) in [6, 6.07) is 17.6. The van der Waals surface area contributed by atoms with Crippen LogP contribution in [-0.4, -0.2) is 10.4 Å². The molecule has 2 aromatic carbocycles. The number of Topliss-reactive ketones (excluding diaryl/α,β-unsaturated/α-hetero) is 1. The zero-order chi connectivity index (χ0) is 13.2. The number of aromatic nitrogens is 1. The van der Waals surface area contributed by atoms with Crippen LogP contribution in [0.3, 0.4) is 0 Å². The highest BCUT2D eigenvalue weighted by molar-refractivity contribution is 9.10. The van der Waals surface area contributed by atoms with Crippen LogP contribution < -0.4 is 0 Å². The average Bonchev–Trinajstić information content (AvgIpc) is 2.82. The zero-order valence-corrected chi connectivity index (χ0v) is 11.8. The van der Waals surface area contributed by atoms with Crippen LogP contribution in [-0.2, 0) is 6.54 Å². The molecule has 1 aromatic heterocycles. The van der Waals surface area contributed by atoms with Gasteiger partial charge in [0.1, 0.15) is 0 Å². The van der Waals surface area contributed by atoms with Gasteiger partial charge in [0.25, 0.3) is 0 Å². The summed E-state index contributed by atoms with van der Waals surface area (Å²) < 4.78 is 2.91. The van der Waals surface area contributed by atoms with E-state index in [2.05, 4.69) is 22.0 Å². The minimum Gasteiger partial charge on any atom is -0.340 e. The van der Waals surface area contributed by atoms with E-state index in [0.29, 0.717) is 6.54 Å². The fraction of sp³-hybridized carbons (Fsp3) is 0.0625. The first-order valence-corrected chi connectivity index (χ1v) is 6.86. The molecule has 3 aromatic rings. The van der Waals surface area contributed by atoms with Gasteiger partial charge in [0, 0.05) is 21.7 Å². The van der Waals surface area contributed by atoms with Gasteiger partial charge in [-0.25, -0.2) is 0 Å². The van der Waals surface area contributed by atoms with E-state index < -0.39 is 0 Å². The van der Waals surface area contributed by atoms with Crippen molar-refractivity contribution in [2.45, 2.75) is 6.54 Å². The molecule has 3 heteroatoms. The van der Waals surface area contributed by atoms with Gasteiger partial charge in [0.05, 0.1) is 6.54 Å². The third-order valence-corrected chi connectivity index (χ3v) is 3.63. The molecule has 0 spiro atoms. The summed E-state index contributed by atoms with van der Waals surface area (Å²) in [6.07, 6.45) is 1.96. The highest BCUT2D eigenvalue weighted by Gasteiger charge is 2.08. The lowest BCUT2D eigenvalue weighted by Gasteiger charge is -2.05. The van der Waals surface area contributed by atoms with Crippen LogP contribution in [0.4, 0.5) is 0 Å². The highest BCUT2D eigenvalue weighted by Crippen LogP contribution is 2.17. The first-order chi connectivity index (χ1) is 9.24. The Hall–Kier alpha value is -1.87. The van der Waals surface area contributed by atoms with Gasteiger partial charge in [-0.05, 0) is 29.7 Å². The number of rotatable bonds is 3. The van der Waals surface area contributed by atoms with Gasteiger partial charge in [-0.2, -0.15) is 0 Å². The van der Waals surface area contributed by atoms with Crippen LogP contribution in [0.25, 0.3) is 10.9 Å². The van der Waals surface area contributed by atoms with Gasteiger partial charge in [-0.1, -0.05) is 46.3 Å². The van der Waals surface area contributed by atoms with Crippen molar-refractivity contribution < 1.29 is 4.79 Å². The van der Waals surface area contributed by atoms with Crippen LogP contribution in [0.2, 0.25) is 0 Å². The fourth-order valence-electron chi connectivity index (χ4n) is 2.19. The number of nitrogens with zero attached hydrogens (tertiary/aromatic N) is 1. The summed E-state index contributed by atoms with van der Waals surface area (Å²) in [5.41, 5.74) is 1.82. The van der Waals surface area contributed by atoms with E-state index >= 15 is 0 Å². The molecule has 1 heterocycles. The Kier molecular flexibility index (Phi) is 3.22. The van der Waals surface area contributed by atoms with Gasteiger partial charge in [0.2, 0.25) is 0 Å². The topological polar surface area (TPSA) is 22.0 Å². The van der Waals surface area contributed by atoms with E-state index in [1.165, 1.54) is 0 Å². The average molecular weight is 314 g/mol. The lowest BCUT2D eigenvalue weighted by molar-refractivity contribution is 0.0973. The number of ketones is 1. The lowest BCUT2D eigenvalue weighted by Crippen LogP contribution is -2.09. The smallest absolute Gasteiger partial charge is 0.182 e. The normalized spacial score (nSPS) is 10.8. The number of fused-ring (bicyclic) bond motifs is 1. The summed E-state index contributed by atoms with van der Waals surface area (Å²) in [6.45, 7) is 0.365. The molecule has 0 atom stereocenters. The maximum absolute atomic E-state index is 12.3. The van der Waals surface area contributed by atoms with Crippen LogP contribution in [0.15, 0.2) is 65.3 Å². The summed E-state index contributed by atoms with van der Waals surface area (Å²) in [7, 11) is 0. The predicted molar refractivity (Wildman–Crippen MR) is 80.4 cm³/mol. The molecule has 0 N–H and O–H groups in total. The Bertz CT molecular complexity index is 745. The molecule has 0 amide bonds. The van der Waals surface area contributed by atoms with E-state index in [4.69, 9.17) is 0 Å². The minimum atomic E-state index is 0.114. The highest BCUT2D eigenvalue weighted by atomic mass is 79.9. The van der Waals surface area contributed by atoms with Crippen LogP contribution >= 0.6 is 15.9 Å². The minimum absolute atomic E-state index is 0.114. The molecular weight excluding hydrogens is 302 g/mol. The van der Waals surface area contributed by atoms with Crippen LogP contribution in [0, 0.1) is 0 Å². The number of carbonyl (C=O) groups is 1. The molecule has 3 rings (SSSR count). The number of carbonyl (C=O) groups excluding carboxylic acids is 1. The first-order valence-electron chi connectivity index (χ1n) is 6.07. The monoisotopic (exact) mass is 313 g/mol. The molecule has 94 valence electrons. The van der Waals surface area contributed by atoms with Crippen molar-refractivity contribution in [3.8, 4) is 0 Å². The second-order valence-corrected chi connectivity index (χ2v) is 5.35. The van der Waals surface area contributed by atoms with E-state index in [0.717, 1.165) is 20.9 Å². The Labute approximate surface area is 119 Å². The number of hydrogen-bond donors (Lipinski definition) is 0. The lowest BCUT2D eigenvalue weighted by atomic mass is 10.1. The van der Waals surface area contributed by atoms with Crippen molar-refractivity contribution in [1.82, 2.24) is 4.57 Å². The number of hydrogen-bond acceptors (Lipinski definition) is 1. The zero-order valence-electron chi connectivity index (χ0n) is 10.2. The van der Waals surface area contributed by atoms with Gasteiger partial charge in [-0.3, -0.25) is 4.79 Å². The quantitative estimate of drug-likeness (QED) is 0.661. The molecule has 0 bridgehead atoms. The predicted octanol–water partition coefficient (Wildman–Crippen LogP) is 4.29. The van der Waals surface area contributed by atoms with Crippen molar-refractivity contribution in [1.29, 1.82) is 0 Å². The SMILES string of the molecule is O=C(Cn1ccc2ccccc21)c1cccc(Br)c1. The maximum atomic E-state index is 12.3. The molecule has 0 aliphatic carbocycles. The number of benzene rings is 2. The molecule has 0 radical (unpaired) electrons. The second kappa shape index (κ2) is 5.02. The molecule has 0 fully saturated rings. The number of para-hydroxylation sites is 1. The third kappa shape index (κ3) is 2.47. The fourth-order valence-corrected chi connectivity index (χ4v) is 2.59. The summed E-state index contributed by atoms with van der Waals surface area (Å²) in [5.74, 6) is 0.114. The van der Waals surface area contributed by atoms with E-state index in [9.17, 15) is 4.79 Å². The molecule has 0 saturated carbocycles. The van der Waals surface area contributed by atoms with E-state index in [1.54, 1.807) is 0 Å². The summed E-state index contributed by atoms with van der Waals surface area (Å²) in [5, 5.41) is 1.16. The first kappa shape index (κ1) is 12.2. The Morgan fingerprint density at radius 2 is 1.89 bits per heavy atom. The summed E-state index contributed by atoms with van der Waals surface area (Å²) >= 11 is 3.39. The standard InChI is InChI=1S/C16H12BrNO/c17-14-6-3-5-13(10-14)16(19)11-18-9-8-12-4-1-2-7-15(12)18/h1-10H,11H2. The Morgan fingerprint density at radius 1 is 1.05 bits per heavy atom. The Morgan fingerprint density at radius 3 is 2.74 bits per heavy atom. The Balaban J connectivity index is 1.91. The molecule has 0 aliphatic heterocycles. The van der Waals surface area contributed by atoms with Crippen molar-refractivity contribution in [3.05, 3.63) is 70.8 Å². The number of halogens is 1. The van der Waals surface area contributed by atoms with Gasteiger partial charge >= 0.3 is 0 Å². The van der Waals surface area contributed by atoms with Crippen LogP contribution in [0.5, 0.6) is 0 Å². The molecule has 19 heavy (non-hydrogen) atoms. The van der Waals surface area contributed by atoms with Crippen molar-refractivity contribution in [2.75, 3.05) is 0 Å². The maximum Gasteiger partial charge on any atom is 0.182 e. The molecule has 0 unspecified atom stereocenters. The molecule has 2 nitrogen and oxygen atoms in total. The van der Waals surface area contributed by atoms with Crippen LogP contribution in [0.1, 0.15) is 10.4 Å². The summed E-state index contributed by atoms with van der Waals surface area (Å²) in [4.78, 5) is 12.3. The largest absolute Gasteiger partial charge is 0.340 e. The third-order valence-electron chi connectivity index (χ3n) is 3.14. The van der Waals surface area contributed by atoms with Gasteiger partial charge in [-0.15, -0.1) is 0 Å². The van der Waals surface area contributed by atoms with Crippen molar-refractivity contribution in [3.63, 3.8) is 0 Å².